The molecule has 10 heteroatoms. The predicted octanol–water partition coefficient (Wildman–Crippen LogP) is 3.03. The summed E-state index contributed by atoms with van der Waals surface area (Å²) in [7, 11) is -0.425. The third-order valence-electron chi connectivity index (χ3n) is 4.47. The maximum atomic E-state index is 13.2. The second kappa shape index (κ2) is 8.06. The number of nitrogens with zero attached hydrogens (tertiary/aromatic N) is 2. The Balaban J connectivity index is 2.10. The third kappa shape index (κ3) is 4.07. The highest BCUT2D eigenvalue weighted by atomic mass is 35.5. The number of thioether (sulfide) groups is 1. The van der Waals surface area contributed by atoms with E-state index in [1.54, 1.807) is 14.2 Å². The zero-order chi connectivity index (χ0) is 20.6. The zero-order valence-corrected chi connectivity index (χ0v) is 18.1. The summed E-state index contributed by atoms with van der Waals surface area (Å²) < 4.78 is 30.6. The number of methoxy groups -OCH3 is 1. The molecule has 1 N–H and O–H groups in total. The first-order valence-corrected chi connectivity index (χ1v) is 11.9. The third-order valence-corrected chi connectivity index (χ3v) is 7.33. The van der Waals surface area contributed by atoms with E-state index in [1.165, 1.54) is 28.6 Å². The zero-order valence-electron chi connectivity index (χ0n) is 15.7. The van der Waals surface area contributed by atoms with E-state index in [1.807, 2.05) is 0 Å². The van der Waals surface area contributed by atoms with Crippen LogP contribution in [-0.4, -0.2) is 54.8 Å². The van der Waals surface area contributed by atoms with Crippen molar-refractivity contribution in [1.82, 2.24) is 9.78 Å². The predicted molar refractivity (Wildman–Crippen MR) is 107 cm³/mol. The quantitative estimate of drug-likeness (QED) is 0.379. The Kier molecular flexibility index (Phi) is 6.09. The smallest absolute Gasteiger partial charge is 0.220 e. The number of ether oxygens (including phenoxy) is 1. The van der Waals surface area contributed by atoms with Gasteiger partial charge in [-0.25, -0.2) is 13.1 Å². The number of rotatable bonds is 8. The summed E-state index contributed by atoms with van der Waals surface area (Å²) in [4.78, 5) is 13.6. The van der Waals surface area contributed by atoms with E-state index in [-0.39, 0.29) is 32.8 Å². The number of aryl methyl sites for hydroxylation is 1. The maximum absolute atomic E-state index is 13.2. The summed E-state index contributed by atoms with van der Waals surface area (Å²) in [5.74, 6) is -0.0625. The molecule has 1 aromatic heterocycles. The van der Waals surface area contributed by atoms with E-state index in [9.17, 15) is 18.3 Å². The van der Waals surface area contributed by atoms with Crippen LogP contribution in [0.1, 0.15) is 40.4 Å². The number of aromatic nitrogens is 2. The molecular formula is C18H21ClN2O5S2. The highest BCUT2D eigenvalue weighted by Crippen LogP contribution is 2.44. The van der Waals surface area contributed by atoms with Crippen molar-refractivity contribution in [3.8, 4) is 5.88 Å². The van der Waals surface area contributed by atoms with Gasteiger partial charge in [-0.05, 0) is 25.0 Å². The molecule has 0 amide bonds. The number of benzene rings is 1. The van der Waals surface area contributed by atoms with Gasteiger partial charge in [-0.3, -0.25) is 4.79 Å². The van der Waals surface area contributed by atoms with Crippen molar-refractivity contribution in [3.63, 3.8) is 0 Å². The molecule has 1 saturated carbocycles. The Morgan fingerprint density at radius 1 is 1.43 bits per heavy atom. The van der Waals surface area contributed by atoms with Gasteiger partial charge in [0.1, 0.15) is 5.56 Å². The fourth-order valence-electron chi connectivity index (χ4n) is 2.90. The molecule has 7 nitrogen and oxygen atoms in total. The van der Waals surface area contributed by atoms with E-state index in [2.05, 4.69) is 5.10 Å². The molecular weight excluding hydrogens is 424 g/mol. The number of halogens is 1. The largest absolute Gasteiger partial charge is 0.493 e. The van der Waals surface area contributed by atoms with Crippen LogP contribution in [0.25, 0.3) is 0 Å². The minimum Gasteiger partial charge on any atom is -0.493 e. The van der Waals surface area contributed by atoms with Crippen LogP contribution >= 0.6 is 23.4 Å². The van der Waals surface area contributed by atoms with Gasteiger partial charge in [-0.2, -0.15) is 5.10 Å². The number of carbonyl (C=O) groups excluding carboxylic acids is 1. The van der Waals surface area contributed by atoms with Crippen LogP contribution in [0.15, 0.2) is 21.9 Å². The Labute approximate surface area is 172 Å². The molecule has 1 aliphatic rings. The Morgan fingerprint density at radius 2 is 2.11 bits per heavy atom. The molecule has 28 heavy (non-hydrogen) atoms. The lowest BCUT2D eigenvalue weighted by molar-refractivity contribution is 0.103. The van der Waals surface area contributed by atoms with Crippen LogP contribution < -0.4 is 0 Å². The molecule has 0 spiro atoms. The van der Waals surface area contributed by atoms with E-state index in [4.69, 9.17) is 16.3 Å². The molecule has 0 aliphatic heterocycles. The van der Waals surface area contributed by atoms with Gasteiger partial charge in [0, 0.05) is 42.5 Å². The first kappa shape index (κ1) is 21.2. The molecule has 0 bridgehead atoms. The van der Waals surface area contributed by atoms with Crippen LogP contribution in [0.3, 0.4) is 0 Å². The Morgan fingerprint density at radius 3 is 2.68 bits per heavy atom. The van der Waals surface area contributed by atoms with Crippen molar-refractivity contribution in [2.75, 3.05) is 25.7 Å². The normalized spacial score (nSPS) is 14.4. The van der Waals surface area contributed by atoms with E-state index in [0.29, 0.717) is 22.9 Å². The minimum absolute atomic E-state index is 0.0547. The van der Waals surface area contributed by atoms with Gasteiger partial charge in [0.05, 0.1) is 22.2 Å². The summed E-state index contributed by atoms with van der Waals surface area (Å²) in [5, 5.41) is 14.7. The fraction of sp³-hybridized carbons (Fsp3) is 0.444. The minimum atomic E-state index is -3.54. The molecule has 1 aromatic carbocycles. The maximum Gasteiger partial charge on any atom is 0.220 e. The second-order valence-corrected chi connectivity index (χ2v) is 10.1. The van der Waals surface area contributed by atoms with E-state index < -0.39 is 15.6 Å². The molecule has 0 radical (unpaired) electrons. The van der Waals surface area contributed by atoms with Gasteiger partial charge in [0.25, 0.3) is 0 Å². The highest BCUT2D eigenvalue weighted by Gasteiger charge is 2.35. The summed E-state index contributed by atoms with van der Waals surface area (Å²) in [6.07, 6.45) is 2.92. The monoisotopic (exact) mass is 444 g/mol. The summed E-state index contributed by atoms with van der Waals surface area (Å²) >= 11 is 7.71. The molecule has 1 fully saturated rings. The van der Waals surface area contributed by atoms with Crippen LogP contribution in [0.2, 0.25) is 5.02 Å². The number of hydrogen-bond acceptors (Lipinski definition) is 7. The Hall–Kier alpha value is -1.55. The lowest BCUT2D eigenvalue weighted by atomic mass is 10.0. The van der Waals surface area contributed by atoms with Crippen molar-refractivity contribution in [1.29, 1.82) is 0 Å². The number of hydrogen-bond donors (Lipinski definition) is 1. The number of ketones is 1. The average Bonchev–Trinajstić information content (AvgIpc) is 3.41. The van der Waals surface area contributed by atoms with Crippen molar-refractivity contribution in [2.45, 2.75) is 28.6 Å². The lowest BCUT2D eigenvalue weighted by Crippen LogP contribution is -2.08. The fourth-order valence-corrected chi connectivity index (χ4v) is 5.65. The molecule has 1 heterocycles. The SMILES string of the molecule is COCCSc1c(S(C)(=O)=O)ccc(C(=O)c2c(C3CC3)nn(C)c2O)c1Cl. The van der Waals surface area contributed by atoms with Gasteiger partial charge >= 0.3 is 0 Å². The van der Waals surface area contributed by atoms with Crippen LogP contribution in [0.5, 0.6) is 5.88 Å². The molecule has 152 valence electrons. The van der Waals surface area contributed by atoms with Crippen LogP contribution in [0, 0.1) is 0 Å². The first-order valence-electron chi connectivity index (χ1n) is 8.61. The summed E-state index contributed by atoms with van der Waals surface area (Å²) in [6, 6.07) is 2.78. The molecule has 0 unspecified atom stereocenters. The average molecular weight is 445 g/mol. The van der Waals surface area contributed by atoms with E-state index in [0.717, 1.165) is 19.1 Å². The number of carbonyl (C=O) groups is 1. The lowest BCUT2D eigenvalue weighted by Gasteiger charge is -2.13. The number of sulfone groups is 1. The molecule has 3 rings (SSSR count). The van der Waals surface area contributed by atoms with Crippen LogP contribution in [0.4, 0.5) is 0 Å². The molecule has 2 aromatic rings. The number of aromatic hydroxyl groups is 1. The molecule has 0 saturated heterocycles. The summed E-state index contributed by atoms with van der Waals surface area (Å²) in [5.41, 5.74) is 0.827. The van der Waals surface area contributed by atoms with Gasteiger partial charge in [-0.1, -0.05) is 11.6 Å². The second-order valence-electron chi connectivity index (χ2n) is 6.68. The molecule has 1 aliphatic carbocycles. The van der Waals surface area contributed by atoms with Gasteiger partial charge in [-0.15, -0.1) is 11.8 Å². The standard InChI is InChI=1S/C18H21ClN2O5S2/c1-21-18(23)13(15(20-21)10-4-5-10)16(22)11-6-7-12(28(3,24)25)17(14(11)19)27-9-8-26-2/h6-7,10,23H,4-5,8-9H2,1-3H3. The Bertz CT molecular complexity index is 1030. The van der Waals surface area contributed by atoms with Crippen molar-refractivity contribution >= 4 is 39.0 Å². The topological polar surface area (TPSA) is 98.5 Å². The van der Waals surface area contributed by atoms with Crippen molar-refractivity contribution in [3.05, 3.63) is 34.0 Å². The van der Waals surface area contributed by atoms with Crippen LogP contribution in [-0.2, 0) is 21.6 Å². The first-order chi connectivity index (χ1) is 13.2. The van der Waals surface area contributed by atoms with Gasteiger partial charge < -0.3 is 9.84 Å². The van der Waals surface area contributed by atoms with Crippen molar-refractivity contribution in [2.24, 2.45) is 7.05 Å². The molecule has 0 atom stereocenters. The van der Waals surface area contributed by atoms with Crippen molar-refractivity contribution < 1.29 is 23.1 Å². The summed E-state index contributed by atoms with van der Waals surface area (Å²) in [6.45, 7) is 0.400. The van der Waals surface area contributed by atoms with E-state index >= 15 is 0 Å². The highest BCUT2D eigenvalue weighted by molar-refractivity contribution is 8.00. The van der Waals surface area contributed by atoms with Gasteiger partial charge in [0.2, 0.25) is 11.7 Å². The van der Waals surface area contributed by atoms with Gasteiger partial charge in [0.15, 0.2) is 9.84 Å².